The molecule has 0 aliphatic carbocycles. The van der Waals surface area contributed by atoms with E-state index < -0.39 is 0 Å². The van der Waals surface area contributed by atoms with Crippen LogP contribution in [0.1, 0.15) is 0 Å². The van der Waals surface area contributed by atoms with Crippen LogP contribution < -0.4 is 52.2 Å². The van der Waals surface area contributed by atoms with Gasteiger partial charge in [0.25, 0.3) is 0 Å². The Morgan fingerprint density at radius 2 is 2.00 bits per heavy atom. The fourth-order valence-corrected chi connectivity index (χ4v) is 0.595. The van der Waals surface area contributed by atoms with Gasteiger partial charge in [-0.15, -0.1) is 0 Å². The molecular weight excluding hydrogens is 419 g/mol. The third-order valence-corrected chi connectivity index (χ3v) is 1.06. The van der Waals surface area contributed by atoms with Gasteiger partial charge >= 0.3 is 45.9 Å². The molecule has 0 aliphatic heterocycles. The molecule has 0 saturated heterocycles. The van der Waals surface area contributed by atoms with Crippen LogP contribution in [-0.4, -0.2) is 4.98 Å². The molecule has 1 aromatic rings. The Kier molecular flexibility index (Phi) is 9.79. The zero-order valence-electron chi connectivity index (χ0n) is 3.82. The number of halogens is 2. The second-order valence-corrected chi connectivity index (χ2v) is 1.88. The first-order valence-corrected chi connectivity index (χ1v) is 2.48. The van der Waals surface area contributed by atoms with Crippen LogP contribution in [0.5, 0.6) is 0 Å². The van der Waals surface area contributed by atoms with Crippen molar-refractivity contribution in [2.24, 2.45) is 0 Å². The summed E-state index contributed by atoms with van der Waals surface area (Å²) in [5, 5.41) is 0. The first-order chi connectivity index (χ1) is 2.89. The Morgan fingerprint density at radius 3 is 2.12 bits per heavy atom. The monoisotopic (exact) mass is 423 g/mol. The van der Waals surface area contributed by atoms with Gasteiger partial charge in [0.1, 0.15) is 0 Å². The molecule has 0 bridgehead atoms. The Balaban J connectivity index is 0. The minimum atomic E-state index is 0. The van der Waals surface area contributed by atoms with E-state index in [2.05, 4.69) is 23.3 Å². The molecule has 1 nitrogen and oxygen atoms in total. The summed E-state index contributed by atoms with van der Waals surface area (Å²) < 4.78 is 1.11. The maximum atomic E-state index is 2.95. The van der Waals surface area contributed by atoms with Gasteiger partial charge in [-0.3, -0.25) is 0 Å². The number of nitrogens with one attached hydrogen (secondary N) is 1. The molecule has 1 heterocycles. The van der Waals surface area contributed by atoms with Gasteiger partial charge in [-0.05, 0) is 0 Å². The van der Waals surface area contributed by atoms with Gasteiger partial charge in [0.05, 0.1) is 0 Å². The molecule has 8 heavy (non-hydrogen) atoms. The quantitative estimate of drug-likeness (QED) is 0.317. The van der Waals surface area contributed by atoms with Gasteiger partial charge in [-0.1, -0.05) is 0 Å². The Bertz CT molecular complexity index is 118. The van der Waals surface area contributed by atoms with Crippen molar-refractivity contribution < 1.29 is 66.3 Å². The standard InChI is InChI=1S/C4H4N.2HI.Rh/c1-2-4-5-3-1;;;/h1-3,5H;2*1H;/q;;;+2/p-2. The summed E-state index contributed by atoms with van der Waals surface area (Å²) in [7, 11) is 0. The molecule has 1 rings (SSSR count). The summed E-state index contributed by atoms with van der Waals surface area (Å²) in [4.78, 5) is 2.95. The molecule has 0 radical (unpaired) electrons. The van der Waals surface area contributed by atoms with E-state index in [0.29, 0.717) is 0 Å². The molecule has 0 saturated carbocycles. The van der Waals surface area contributed by atoms with Crippen LogP contribution in [0.4, 0.5) is 0 Å². The maximum absolute atomic E-state index is 2.95. The average Bonchev–Trinajstić information content (AvgIpc) is 1.86. The van der Waals surface area contributed by atoms with Crippen LogP contribution in [0.25, 0.3) is 0 Å². The van der Waals surface area contributed by atoms with Gasteiger partial charge in [-0.25, -0.2) is 0 Å². The molecule has 4 heteroatoms. The van der Waals surface area contributed by atoms with Gasteiger partial charge in [0.2, 0.25) is 0 Å². The van der Waals surface area contributed by atoms with E-state index in [1.54, 1.807) is 0 Å². The zero-order valence-corrected chi connectivity index (χ0v) is 9.78. The molecule has 0 amide bonds. The van der Waals surface area contributed by atoms with Crippen LogP contribution in [0.2, 0.25) is 0 Å². The topological polar surface area (TPSA) is 15.8 Å². The van der Waals surface area contributed by atoms with E-state index >= 15 is 0 Å². The Labute approximate surface area is 92.7 Å². The molecule has 1 aromatic heterocycles. The minimum absolute atomic E-state index is 0. The number of H-pyrrole nitrogens is 1. The summed E-state index contributed by atoms with van der Waals surface area (Å²) in [5.74, 6) is 0. The Morgan fingerprint density at radius 1 is 1.38 bits per heavy atom. The van der Waals surface area contributed by atoms with Crippen molar-refractivity contribution in [3.05, 3.63) is 18.3 Å². The van der Waals surface area contributed by atoms with Crippen molar-refractivity contribution in [3.8, 4) is 0 Å². The van der Waals surface area contributed by atoms with Crippen LogP contribution in [0.3, 0.4) is 0 Å². The van der Waals surface area contributed by atoms with Gasteiger partial charge in [0, 0.05) is 0 Å². The van der Waals surface area contributed by atoms with E-state index in [4.69, 9.17) is 0 Å². The molecule has 0 atom stereocenters. The first-order valence-electron chi connectivity index (χ1n) is 1.66. The molecule has 0 spiro atoms. The van der Waals surface area contributed by atoms with Crippen molar-refractivity contribution in [2.75, 3.05) is 0 Å². The summed E-state index contributed by atoms with van der Waals surface area (Å²) in [6, 6.07) is 3.93. The number of aromatic amines is 1. The third kappa shape index (κ3) is 4.26. The number of hydrogen-bond donors (Lipinski definition) is 1. The normalized spacial score (nSPS) is 6.62. The third-order valence-electron chi connectivity index (χ3n) is 0.546. The molecule has 1 N–H and O–H groups in total. The SMILES string of the molecule is [I-].[I-].[Rh+2][c]1ccc[nH]1. The number of rotatable bonds is 0. The van der Waals surface area contributed by atoms with Crippen LogP contribution >= 0.6 is 0 Å². The van der Waals surface area contributed by atoms with Gasteiger partial charge < -0.3 is 48.0 Å². The molecule has 0 fully saturated rings. The van der Waals surface area contributed by atoms with Crippen molar-refractivity contribution in [1.82, 2.24) is 4.98 Å². The summed E-state index contributed by atoms with van der Waals surface area (Å²) in [5.41, 5.74) is 0. The summed E-state index contributed by atoms with van der Waals surface area (Å²) >= 11 is 2.73. The fraction of sp³-hybridized carbons (Fsp3) is 0. The van der Waals surface area contributed by atoms with Crippen molar-refractivity contribution >= 4 is 4.29 Å². The van der Waals surface area contributed by atoms with Crippen LogP contribution in [-0.2, 0) is 18.3 Å². The molecular formula is C4H4I2NRh. The van der Waals surface area contributed by atoms with E-state index in [1.807, 2.05) is 18.3 Å². The first kappa shape index (κ1) is 12.1. The average molecular weight is 423 g/mol. The van der Waals surface area contributed by atoms with Crippen LogP contribution in [0.15, 0.2) is 18.3 Å². The predicted molar refractivity (Wildman–Crippen MR) is 20.4 cm³/mol. The fourth-order valence-electron chi connectivity index (χ4n) is 0.300. The van der Waals surface area contributed by atoms with E-state index in [0.717, 1.165) is 4.29 Å². The molecule has 48 valence electrons. The summed E-state index contributed by atoms with van der Waals surface area (Å²) in [6.07, 6.45) is 1.88. The van der Waals surface area contributed by atoms with Gasteiger partial charge in [-0.2, -0.15) is 0 Å². The van der Waals surface area contributed by atoms with Crippen molar-refractivity contribution in [1.29, 1.82) is 0 Å². The number of hydrogen-bond acceptors (Lipinski definition) is 0. The van der Waals surface area contributed by atoms with Crippen molar-refractivity contribution in [2.45, 2.75) is 0 Å². The molecule has 0 unspecified atom stereocenters. The second kappa shape index (κ2) is 6.48. The molecule has 0 aliphatic rings. The van der Waals surface area contributed by atoms with E-state index in [9.17, 15) is 0 Å². The zero-order chi connectivity index (χ0) is 4.41. The Hall–Kier alpha value is 1.36. The predicted octanol–water partition coefficient (Wildman–Crippen LogP) is -5.81. The van der Waals surface area contributed by atoms with Crippen molar-refractivity contribution in [3.63, 3.8) is 0 Å². The second-order valence-electron chi connectivity index (χ2n) is 0.994. The number of aromatic nitrogens is 1. The molecule has 0 aromatic carbocycles. The van der Waals surface area contributed by atoms with Gasteiger partial charge in [0.15, 0.2) is 0 Å². The summed E-state index contributed by atoms with van der Waals surface area (Å²) in [6.45, 7) is 0. The van der Waals surface area contributed by atoms with Crippen LogP contribution in [0, 0.1) is 0 Å². The van der Waals surface area contributed by atoms with E-state index in [1.165, 1.54) is 0 Å². The van der Waals surface area contributed by atoms with E-state index in [-0.39, 0.29) is 48.0 Å².